The van der Waals surface area contributed by atoms with Crippen molar-refractivity contribution in [2.45, 2.75) is 24.7 Å². The van der Waals surface area contributed by atoms with E-state index >= 15 is 0 Å². The lowest BCUT2D eigenvalue weighted by molar-refractivity contribution is 0.0443. The van der Waals surface area contributed by atoms with Gasteiger partial charge in [-0.15, -0.1) is 4.40 Å². The van der Waals surface area contributed by atoms with E-state index in [4.69, 9.17) is 4.74 Å². The van der Waals surface area contributed by atoms with E-state index in [2.05, 4.69) is 14.2 Å². The third kappa shape index (κ3) is 4.34. The second kappa shape index (κ2) is 7.63. The summed E-state index contributed by atoms with van der Waals surface area (Å²) in [5, 5.41) is 0. The van der Waals surface area contributed by atoms with E-state index in [1.807, 2.05) is 6.92 Å². The van der Waals surface area contributed by atoms with Gasteiger partial charge in [-0.25, -0.2) is 0 Å². The number of hydrogen-bond donors (Lipinski definition) is 0. The summed E-state index contributed by atoms with van der Waals surface area (Å²) < 4.78 is 35.0. The molecule has 0 N–H and O–H groups in total. The van der Waals surface area contributed by atoms with E-state index in [-0.39, 0.29) is 4.90 Å². The first-order valence-electron chi connectivity index (χ1n) is 8.50. The summed E-state index contributed by atoms with van der Waals surface area (Å²) in [6.07, 6.45) is 2.18. The van der Waals surface area contributed by atoms with Crippen molar-refractivity contribution in [3.8, 4) is 0 Å². The van der Waals surface area contributed by atoms with Crippen molar-refractivity contribution in [3.05, 3.63) is 29.8 Å². The Balaban J connectivity index is 1.85. The molecule has 0 unspecified atom stereocenters. The van der Waals surface area contributed by atoms with Gasteiger partial charge in [-0.2, -0.15) is 8.42 Å². The summed E-state index contributed by atoms with van der Waals surface area (Å²) >= 11 is 0. The zero-order valence-corrected chi connectivity index (χ0v) is 15.0. The van der Waals surface area contributed by atoms with Crippen molar-refractivity contribution >= 4 is 15.9 Å². The van der Waals surface area contributed by atoms with Gasteiger partial charge < -0.3 is 9.64 Å². The van der Waals surface area contributed by atoms with Crippen LogP contribution < -0.4 is 0 Å². The molecule has 6 nitrogen and oxygen atoms in total. The summed E-state index contributed by atoms with van der Waals surface area (Å²) in [7, 11) is -3.68. The van der Waals surface area contributed by atoms with Crippen LogP contribution in [0.5, 0.6) is 0 Å². The van der Waals surface area contributed by atoms with Crippen molar-refractivity contribution in [2.24, 2.45) is 4.40 Å². The Morgan fingerprint density at radius 2 is 1.71 bits per heavy atom. The molecule has 3 rings (SSSR count). The second-order valence-electron chi connectivity index (χ2n) is 6.38. The van der Waals surface area contributed by atoms with Crippen LogP contribution in [0.1, 0.15) is 18.4 Å². The smallest absolute Gasteiger partial charge is 0.283 e. The van der Waals surface area contributed by atoms with Crippen molar-refractivity contribution in [3.63, 3.8) is 0 Å². The topological polar surface area (TPSA) is 62.2 Å². The Morgan fingerprint density at radius 1 is 1.08 bits per heavy atom. The lowest BCUT2D eigenvalue weighted by Gasteiger charge is -2.30. The molecule has 2 heterocycles. The summed E-state index contributed by atoms with van der Waals surface area (Å²) in [5.41, 5.74) is 1.03. The van der Waals surface area contributed by atoms with Gasteiger partial charge in [-0.1, -0.05) is 17.7 Å². The molecule has 24 heavy (non-hydrogen) atoms. The minimum atomic E-state index is -3.68. The predicted octanol–water partition coefficient (Wildman–Crippen LogP) is 1.51. The number of rotatable bonds is 4. The number of amidine groups is 1. The molecule has 1 aromatic rings. The van der Waals surface area contributed by atoms with Crippen LogP contribution >= 0.6 is 0 Å². The van der Waals surface area contributed by atoms with E-state index in [1.165, 1.54) is 0 Å². The molecule has 2 aliphatic rings. The molecule has 132 valence electrons. The molecule has 7 heteroatoms. The summed E-state index contributed by atoms with van der Waals surface area (Å²) in [6, 6.07) is 6.87. The average molecular weight is 351 g/mol. The van der Waals surface area contributed by atoms with E-state index in [0.717, 1.165) is 44.6 Å². The molecule has 1 aromatic carbocycles. The summed E-state index contributed by atoms with van der Waals surface area (Å²) in [4.78, 5) is 4.58. The third-order valence-corrected chi connectivity index (χ3v) is 5.80. The number of morpholine rings is 1. The molecule has 0 aliphatic carbocycles. The van der Waals surface area contributed by atoms with Crippen molar-refractivity contribution < 1.29 is 13.2 Å². The molecule has 0 spiro atoms. The summed E-state index contributed by atoms with van der Waals surface area (Å²) in [5.74, 6) is 0.662. The number of nitrogens with zero attached hydrogens (tertiary/aromatic N) is 3. The molecule has 0 radical (unpaired) electrons. The van der Waals surface area contributed by atoms with Crippen molar-refractivity contribution in [1.82, 2.24) is 9.80 Å². The zero-order chi connectivity index (χ0) is 17.0. The van der Waals surface area contributed by atoms with E-state index in [1.54, 1.807) is 24.3 Å². The maximum Gasteiger partial charge on any atom is 0.283 e. The normalized spacial score (nSPS) is 20.5. The highest BCUT2D eigenvalue weighted by atomic mass is 32.2. The average Bonchev–Trinajstić information content (AvgIpc) is 3.10. The fourth-order valence-electron chi connectivity index (χ4n) is 3.02. The minimum absolute atomic E-state index is 0.256. The van der Waals surface area contributed by atoms with Crippen LogP contribution in [0.25, 0.3) is 0 Å². The molecule has 2 aliphatic heterocycles. The first-order chi connectivity index (χ1) is 11.5. The zero-order valence-electron chi connectivity index (χ0n) is 14.1. The van der Waals surface area contributed by atoms with E-state index < -0.39 is 10.0 Å². The van der Waals surface area contributed by atoms with Gasteiger partial charge >= 0.3 is 0 Å². The van der Waals surface area contributed by atoms with Gasteiger partial charge in [0.05, 0.1) is 24.7 Å². The van der Waals surface area contributed by atoms with Crippen LogP contribution in [0.3, 0.4) is 0 Å². The number of sulfonamides is 1. The van der Waals surface area contributed by atoms with Crippen LogP contribution in [0.4, 0.5) is 0 Å². The fourth-order valence-corrected chi connectivity index (χ4v) is 4.06. The first-order valence-corrected chi connectivity index (χ1v) is 9.94. The first kappa shape index (κ1) is 17.4. The quantitative estimate of drug-likeness (QED) is 0.608. The van der Waals surface area contributed by atoms with Gasteiger partial charge in [0.25, 0.3) is 10.0 Å². The van der Waals surface area contributed by atoms with Crippen LogP contribution in [-0.4, -0.2) is 70.0 Å². The van der Waals surface area contributed by atoms with Gasteiger partial charge in [-0.3, -0.25) is 4.90 Å². The number of benzene rings is 1. The molecule has 0 bridgehead atoms. The van der Waals surface area contributed by atoms with E-state index in [9.17, 15) is 8.42 Å². The predicted molar refractivity (Wildman–Crippen MR) is 93.9 cm³/mol. The maximum absolute atomic E-state index is 12.7. The highest BCUT2D eigenvalue weighted by Gasteiger charge is 2.23. The number of ether oxygens (including phenoxy) is 1. The van der Waals surface area contributed by atoms with Crippen LogP contribution in [0, 0.1) is 6.92 Å². The van der Waals surface area contributed by atoms with Gasteiger partial charge in [0, 0.05) is 26.2 Å². The maximum atomic E-state index is 12.7. The fraction of sp³-hybridized carbons (Fsp3) is 0.588. The van der Waals surface area contributed by atoms with Gasteiger partial charge in [-0.05, 0) is 31.9 Å². The molecule has 0 aromatic heterocycles. The number of aryl methyl sites for hydroxylation is 1. The van der Waals surface area contributed by atoms with Crippen LogP contribution in [0.2, 0.25) is 0 Å². The molecule has 0 amide bonds. The number of hydrogen-bond acceptors (Lipinski definition) is 4. The Hall–Kier alpha value is -1.44. The summed E-state index contributed by atoms with van der Waals surface area (Å²) in [6.45, 7) is 7.28. The van der Waals surface area contributed by atoms with Crippen LogP contribution in [-0.2, 0) is 14.8 Å². The standard InChI is InChI=1S/C17H25N3O3S/c1-15-4-6-16(7-5-15)24(21,22)18-17(20-8-2-3-9-20)14-19-10-12-23-13-11-19/h4-7H,2-3,8-14H2,1H3/b18-17-. The minimum Gasteiger partial charge on any atom is -0.379 e. The largest absolute Gasteiger partial charge is 0.379 e. The van der Waals surface area contributed by atoms with Crippen molar-refractivity contribution in [2.75, 3.05) is 45.9 Å². The van der Waals surface area contributed by atoms with Gasteiger partial charge in [0.15, 0.2) is 0 Å². The molecule has 2 saturated heterocycles. The lowest BCUT2D eigenvalue weighted by Crippen LogP contribution is -2.44. The Bertz CT molecular complexity index is 674. The van der Waals surface area contributed by atoms with Crippen LogP contribution in [0.15, 0.2) is 33.6 Å². The third-order valence-electron chi connectivity index (χ3n) is 4.48. The molecular weight excluding hydrogens is 326 g/mol. The number of likely N-dealkylation sites (tertiary alicyclic amines) is 1. The highest BCUT2D eigenvalue weighted by Crippen LogP contribution is 2.17. The van der Waals surface area contributed by atoms with Crippen molar-refractivity contribution in [1.29, 1.82) is 0 Å². The van der Waals surface area contributed by atoms with Gasteiger partial charge in [0.2, 0.25) is 0 Å². The van der Waals surface area contributed by atoms with Gasteiger partial charge in [0.1, 0.15) is 5.84 Å². The highest BCUT2D eigenvalue weighted by molar-refractivity contribution is 7.90. The molecular formula is C17H25N3O3S. The SMILES string of the molecule is Cc1ccc(S(=O)(=O)/N=C(/CN2CCOCC2)N2CCCC2)cc1. The Kier molecular flexibility index (Phi) is 5.53. The monoisotopic (exact) mass is 351 g/mol. The second-order valence-corrected chi connectivity index (χ2v) is 7.98. The molecule has 0 saturated carbocycles. The lowest BCUT2D eigenvalue weighted by atomic mass is 10.2. The molecule has 2 fully saturated rings. The molecule has 0 atom stereocenters. The van der Waals surface area contributed by atoms with E-state index in [0.29, 0.717) is 25.6 Å². The Morgan fingerprint density at radius 3 is 2.33 bits per heavy atom. The Labute approximate surface area is 144 Å².